The van der Waals surface area contributed by atoms with Gasteiger partial charge in [0.2, 0.25) is 0 Å². The first kappa shape index (κ1) is 11.9. The van der Waals surface area contributed by atoms with Gasteiger partial charge in [-0.25, -0.2) is 0 Å². The van der Waals surface area contributed by atoms with Crippen LogP contribution in [-0.2, 0) is 0 Å². The van der Waals surface area contributed by atoms with Crippen LogP contribution in [0.3, 0.4) is 0 Å². The molecule has 0 fully saturated rings. The molecule has 0 spiro atoms. The first-order chi connectivity index (χ1) is 8.22. The molecule has 90 valence electrons. The van der Waals surface area contributed by atoms with Crippen LogP contribution < -0.4 is 5.32 Å². The molecule has 1 N–H and O–H groups in total. The Hall–Kier alpha value is -1.57. The van der Waals surface area contributed by atoms with Crippen molar-refractivity contribution >= 4 is 16.6 Å². The van der Waals surface area contributed by atoms with Gasteiger partial charge in [0.15, 0.2) is 0 Å². The average molecular weight is 228 g/mol. The number of nitrogens with zero attached hydrogens (tertiary/aromatic N) is 1. The Kier molecular flexibility index (Phi) is 3.62. The number of rotatable bonds is 4. The van der Waals surface area contributed by atoms with Crippen molar-refractivity contribution in [3.63, 3.8) is 0 Å². The van der Waals surface area contributed by atoms with Crippen molar-refractivity contribution in [1.29, 1.82) is 0 Å². The summed E-state index contributed by atoms with van der Waals surface area (Å²) in [6.07, 6.45) is 3.04. The summed E-state index contributed by atoms with van der Waals surface area (Å²) in [7, 11) is 0. The molecule has 1 heterocycles. The Morgan fingerprint density at radius 2 is 1.94 bits per heavy atom. The molecule has 2 rings (SSSR count). The molecule has 0 aliphatic heterocycles. The van der Waals surface area contributed by atoms with Gasteiger partial charge in [-0.2, -0.15) is 0 Å². The van der Waals surface area contributed by atoms with E-state index in [4.69, 9.17) is 0 Å². The smallest absolute Gasteiger partial charge is 0.0933 e. The standard InChI is InChI=1S/C15H20N2/c1-4-11(2)12(3)17-14-9-5-7-13-8-6-10-16-15(13)14/h5-12,17H,4H2,1-3H3. The summed E-state index contributed by atoms with van der Waals surface area (Å²) in [6.45, 7) is 6.73. The predicted octanol–water partition coefficient (Wildman–Crippen LogP) is 4.08. The maximum absolute atomic E-state index is 4.46. The Labute approximate surface area is 103 Å². The Balaban J connectivity index is 2.30. The molecular formula is C15H20N2. The summed E-state index contributed by atoms with van der Waals surface area (Å²) in [4.78, 5) is 4.46. The predicted molar refractivity (Wildman–Crippen MR) is 74.3 cm³/mol. The number of nitrogens with one attached hydrogen (secondary N) is 1. The lowest BCUT2D eigenvalue weighted by molar-refractivity contribution is 0.495. The van der Waals surface area contributed by atoms with Crippen molar-refractivity contribution in [2.75, 3.05) is 5.32 Å². The molecule has 0 saturated carbocycles. The van der Waals surface area contributed by atoms with Crippen LogP contribution in [0.4, 0.5) is 5.69 Å². The molecule has 2 unspecified atom stereocenters. The summed E-state index contributed by atoms with van der Waals surface area (Å²) in [6, 6.07) is 10.8. The molecular weight excluding hydrogens is 208 g/mol. The first-order valence-electron chi connectivity index (χ1n) is 6.32. The molecule has 17 heavy (non-hydrogen) atoms. The van der Waals surface area contributed by atoms with Gasteiger partial charge >= 0.3 is 0 Å². The molecule has 0 bridgehead atoms. The van der Waals surface area contributed by atoms with E-state index >= 15 is 0 Å². The summed E-state index contributed by atoms with van der Waals surface area (Å²) in [5, 5.41) is 4.76. The highest BCUT2D eigenvalue weighted by Gasteiger charge is 2.11. The second-order valence-corrected chi connectivity index (χ2v) is 4.70. The molecule has 2 heteroatoms. The number of benzene rings is 1. The van der Waals surface area contributed by atoms with Crippen molar-refractivity contribution in [2.45, 2.75) is 33.2 Å². The summed E-state index contributed by atoms with van der Waals surface area (Å²) in [5.74, 6) is 0.661. The number of anilines is 1. The fraction of sp³-hybridized carbons (Fsp3) is 0.400. The highest BCUT2D eigenvalue weighted by molar-refractivity contribution is 5.90. The number of hydrogen-bond acceptors (Lipinski definition) is 2. The highest BCUT2D eigenvalue weighted by atomic mass is 14.9. The van der Waals surface area contributed by atoms with Crippen LogP contribution >= 0.6 is 0 Å². The van der Waals surface area contributed by atoms with Gasteiger partial charge in [0, 0.05) is 17.6 Å². The number of hydrogen-bond donors (Lipinski definition) is 1. The maximum Gasteiger partial charge on any atom is 0.0933 e. The quantitative estimate of drug-likeness (QED) is 0.852. The van der Waals surface area contributed by atoms with E-state index in [0.717, 1.165) is 11.2 Å². The van der Waals surface area contributed by atoms with E-state index in [1.54, 1.807) is 0 Å². The van der Waals surface area contributed by atoms with Crippen LogP contribution in [-0.4, -0.2) is 11.0 Å². The molecule has 0 saturated heterocycles. The van der Waals surface area contributed by atoms with Crippen molar-refractivity contribution in [3.05, 3.63) is 36.5 Å². The van der Waals surface area contributed by atoms with Crippen LogP contribution in [0.1, 0.15) is 27.2 Å². The fourth-order valence-electron chi connectivity index (χ4n) is 1.96. The highest BCUT2D eigenvalue weighted by Crippen LogP contribution is 2.23. The largest absolute Gasteiger partial charge is 0.381 e. The van der Waals surface area contributed by atoms with Gasteiger partial charge in [0.05, 0.1) is 11.2 Å². The van der Waals surface area contributed by atoms with Crippen LogP contribution in [0.15, 0.2) is 36.5 Å². The van der Waals surface area contributed by atoms with E-state index in [9.17, 15) is 0 Å². The number of para-hydroxylation sites is 1. The minimum atomic E-state index is 0.465. The van der Waals surface area contributed by atoms with Crippen molar-refractivity contribution in [1.82, 2.24) is 4.98 Å². The van der Waals surface area contributed by atoms with Gasteiger partial charge in [-0.3, -0.25) is 4.98 Å². The van der Waals surface area contributed by atoms with Crippen molar-refractivity contribution < 1.29 is 0 Å². The zero-order valence-corrected chi connectivity index (χ0v) is 10.8. The van der Waals surface area contributed by atoms with E-state index in [1.807, 2.05) is 12.3 Å². The minimum absolute atomic E-state index is 0.465. The molecule has 0 radical (unpaired) electrons. The van der Waals surface area contributed by atoms with E-state index in [1.165, 1.54) is 11.8 Å². The van der Waals surface area contributed by atoms with Crippen molar-refractivity contribution in [3.8, 4) is 0 Å². The van der Waals surface area contributed by atoms with Crippen LogP contribution in [0.5, 0.6) is 0 Å². The zero-order chi connectivity index (χ0) is 12.3. The molecule has 0 aliphatic rings. The number of fused-ring (bicyclic) bond motifs is 1. The van der Waals surface area contributed by atoms with E-state index < -0.39 is 0 Å². The summed E-state index contributed by atoms with van der Waals surface area (Å²) < 4.78 is 0. The molecule has 0 aliphatic carbocycles. The third kappa shape index (κ3) is 2.57. The second-order valence-electron chi connectivity index (χ2n) is 4.70. The first-order valence-corrected chi connectivity index (χ1v) is 6.32. The molecule has 2 nitrogen and oxygen atoms in total. The van der Waals surface area contributed by atoms with Crippen LogP contribution in [0, 0.1) is 5.92 Å². The molecule has 2 atom stereocenters. The zero-order valence-electron chi connectivity index (χ0n) is 10.8. The lowest BCUT2D eigenvalue weighted by Crippen LogP contribution is -2.23. The third-order valence-electron chi connectivity index (χ3n) is 3.51. The normalized spacial score (nSPS) is 14.5. The third-order valence-corrected chi connectivity index (χ3v) is 3.51. The van der Waals surface area contributed by atoms with Crippen molar-refractivity contribution in [2.24, 2.45) is 5.92 Å². The van der Waals surface area contributed by atoms with Gasteiger partial charge in [0.1, 0.15) is 0 Å². The van der Waals surface area contributed by atoms with Gasteiger partial charge < -0.3 is 5.32 Å². The molecule has 0 amide bonds. The van der Waals surface area contributed by atoms with Gasteiger partial charge in [0.25, 0.3) is 0 Å². The summed E-state index contributed by atoms with van der Waals surface area (Å²) in [5.41, 5.74) is 2.20. The lowest BCUT2D eigenvalue weighted by Gasteiger charge is -2.21. The summed E-state index contributed by atoms with van der Waals surface area (Å²) >= 11 is 0. The van der Waals surface area contributed by atoms with Gasteiger partial charge in [-0.05, 0) is 25.0 Å². The van der Waals surface area contributed by atoms with Gasteiger partial charge in [-0.1, -0.05) is 38.5 Å². The SMILES string of the molecule is CCC(C)C(C)Nc1cccc2cccnc12. The maximum atomic E-state index is 4.46. The average Bonchev–Trinajstić information content (AvgIpc) is 2.38. The second kappa shape index (κ2) is 5.17. The Morgan fingerprint density at radius 3 is 2.71 bits per heavy atom. The Morgan fingerprint density at radius 1 is 1.18 bits per heavy atom. The molecule has 1 aromatic carbocycles. The Bertz CT molecular complexity index is 488. The lowest BCUT2D eigenvalue weighted by atomic mass is 10.0. The topological polar surface area (TPSA) is 24.9 Å². The van der Waals surface area contributed by atoms with Crippen LogP contribution in [0.25, 0.3) is 10.9 Å². The van der Waals surface area contributed by atoms with E-state index in [-0.39, 0.29) is 0 Å². The number of aromatic nitrogens is 1. The molecule has 1 aromatic heterocycles. The van der Waals surface area contributed by atoms with Gasteiger partial charge in [-0.15, -0.1) is 0 Å². The minimum Gasteiger partial charge on any atom is -0.381 e. The van der Waals surface area contributed by atoms with E-state index in [2.05, 4.69) is 55.3 Å². The number of pyridine rings is 1. The van der Waals surface area contributed by atoms with E-state index in [0.29, 0.717) is 12.0 Å². The van der Waals surface area contributed by atoms with Crippen LogP contribution in [0.2, 0.25) is 0 Å². The fourth-order valence-corrected chi connectivity index (χ4v) is 1.96. The molecule has 2 aromatic rings. The monoisotopic (exact) mass is 228 g/mol.